The Morgan fingerprint density at radius 2 is 1.74 bits per heavy atom. The lowest BCUT2D eigenvalue weighted by atomic mass is 9.72. The number of anilines is 1. The maximum Gasteiger partial charge on any atom is 0.238 e. The molecule has 2 amide bonds. The first-order chi connectivity index (χ1) is 20.1. The summed E-state index contributed by atoms with van der Waals surface area (Å²) in [4.78, 5) is 34.6. The summed E-state index contributed by atoms with van der Waals surface area (Å²) in [6.45, 7) is 10.8. The third-order valence-electron chi connectivity index (χ3n) is 11.1. The van der Waals surface area contributed by atoms with Gasteiger partial charge in [0.1, 0.15) is 11.6 Å². The van der Waals surface area contributed by atoms with Crippen molar-refractivity contribution in [2.24, 2.45) is 5.92 Å². The molecule has 4 heterocycles. The molecule has 2 aromatic rings. The SMILES string of the molecule is Cc1cc2c(cc1C)C1(CCN(C(=O)[C@@H]3CC(N4CC5C[C@@H]4CO5)C[C@H]3c3ccc(F)cc3F)CC1)C(=O)N2C(C)C. The van der Waals surface area contributed by atoms with Gasteiger partial charge in [0.25, 0.3) is 0 Å². The van der Waals surface area contributed by atoms with Gasteiger partial charge < -0.3 is 14.5 Å². The van der Waals surface area contributed by atoms with Crippen molar-refractivity contribution < 1.29 is 23.1 Å². The van der Waals surface area contributed by atoms with Gasteiger partial charge in [0.15, 0.2) is 0 Å². The molecule has 0 radical (unpaired) electrons. The number of ether oxygens (including phenoxy) is 1. The highest BCUT2D eigenvalue weighted by molar-refractivity contribution is 6.09. The van der Waals surface area contributed by atoms with E-state index in [4.69, 9.17) is 4.74 Å². The molecule has 7 rings (SSSR count). The number of hydrogen-bond donors (Lipinski definition) is 0. The first kappa shape index (κ1) is 28.0. The molecule has 4 fully saturated rings. The summed E-state index contributed by atoms with van der Waals surface area (Å²) in [7, 11) is 0. The maximum absolute atomic E-state index is 15.1. The fourth-order valence-electron chi connectivity index (χ4n) is 8.76. The molecule has 2 unspecified atom stereocenters. The van der Waals surface area contributed by atoms with E-state index < -0.39 is 17.0 Å². The second kappa shape index (κ2) is 10.1. The summed E-state index contributed by atoms with van der Waals surface area (Å²) in [5, 5.41) is 0. The van der Waals surface area contributed by atoms with Gasteiger partial charge in [-0.05, 0) is 100 Å². The molecule has 1 spiro atoms. The summed E-state index contributed by atoms with van der Waals surface area (Å²) in [6, 6.07) is 8.66. The van der Waals surface area contributed by atoms with Crippen LogP contribution < -0.4 is 4.90 Å². The largest absolute Gasteiger partial charge is 0.375 e. The van der Waals surface area contributed by atoms with Crippen LogP contribution in [0, 0.1) is 31.4 Å². The van der Waals surface area contributed by atoms with E-state index in [9.17, 15) is 14.0 Å². The molecule has 42 heavy (non-hydrogen) atoms. The van der Waals surface area contributed by atoms with Gasteiger partial charge in [0.05, 0.1) is 18.1 Å². The van der Waals surface area contributed by atoms with Crippen LogP contribution >= 0.6 is 0 Å². The number of aryl methyl sites for hydroxylation is 2. The number of likely N-dealkylation sites (tertiary alicyclic amines) is 2. The predicted molar refractivity (Wildman–Crippen MR) is 156 cm³/mol. The number of halogens is 2. The minimum absolute atomic E-state index is 0.0353. The molecule has 6 nitrogen and oxygen atoms in total. The molecule has 5 atom stereocenters. The topological polar surface area (TPSA) is 53.1 Å². The average Bonchev–Trinajstić information content (AvgIpc) is 3.73. The van der Waals surface area contributed by atoms with E-state index in [1.807, 2.05) is 9.80 Å². The van der Waals surface area contributed by atoms with Crippen LogP contribution in [0.2, 0.25) is 0 Å². The van der Waals surface area contributed by atoms with E-state index in [0.29, 0.717) is 57.0 Å². The molecule has 5 aliphatic rings. The monoisotopic (exact) mass is 577 g/mol. The van der Waals surface area contributed by atoms with E-state index in [0.717, 1.165) is 30.3 Å². The summed E-state index contributed by atoms with van der Waals surface area (Å²) in [5.41, 5.74) is 4.26. The van der Waals surface area contributed by atoms with Crippen LogP contribution in [0.5, 0.6) is 0 Å². The Bertz CT molecular complexity index is 1440. The second-order valence-electron chi connectivity index (χ2n) is 13.7. The Morgan fingerprint density at radius 3 is 2.38 bits per heavy atom. The van der Waals surface area contributed by atoms with E-state index in [2.05, 4.69) is 44.7 Å². The Morgan fingerprint density at radius 1 is 1.00 bits per heavy atom. The molecule has 3 saturated heterocycles. The second-order valence-corrected chi connectivity index (χ2v) is 13.7. The Kier molecular flexibility index (Phi) is 6.74. The molecule has 8 heteroatoms. The van der Waals surface area contributed by atoms with E-state index >= 15 is 4.39 Å². The van der Waals surface area contributed by atoms with Crippen LogP contribution in [0.25, 0.3) is 0 Å². The lowest BCUT2D eigenvalue weighted by molar-refractivity contribution is -0.139. The molecule has 2 aromatic carbocycles. The van der Waals surface area contributed by atoms with Crippen molar-refractivity contribution in [1.82, 2.24) is 9.80 Å². The molecular formula is C34H41F2N3O3. The predicted octanol–water partition coefficient (Wildman–Crippen LogP) is 5.23. The normalized spacial score (nSPS) is 30.3. The Balaban J connectivity index is 1.15. The zero-order valence-corrected chi connectivity index (χ0v) is 25.0. The summed E-state index contributed by atoms with van der Waals surface area (Å²) in [6.07, 6.45) is 3.75. The standard InChI is InChI=1S/C34H41F2N3O3/c1-19(2)39-31-12-21(4)20(3)11-29(31)34(33(39)41)7-9-37(10-8-34)32(40)28-16-23(38-17-25-14-24(38)18-42-25)15-27(28)26-6-5-22(35)13-30(26)36/h5-6,11-13,19,23-25,27-28H,7-10,14-18H2,1-4H3/t23?,24-,25?,27+,28-/m1/s1. The smallest absolute Gasteiger partial charge is 0.238 e. The van der Waals surface area contributed by atoms with Gasteiger partial charge >= 0.3 is 0 Å². The van der Waals surface area contributed by atoms with Crippen LogP contribution in [0.1, 0.15) is 74.1 Å². The van der Waals surface area contributed by atoms with Gasteiger partial charge in [-0.2, -0.15) is 0 Å². The maximum atomic E-state index is 15.1. The number of benzene rings is 2. The van der Waals surface area contributed by atoms with E-state index in [-0.39, 0.29) is 41.8 Å². The highest BCUT2D eigenvalue weighted by atomic mass is 19.1. The van der Waals surface area contributed by atoms with Crippen molar-refractivity contribution in [2.75, 3.05) is 31.1 Å². The third kappa shape index (κ3) is 4.23. The Labute approximate surface area is 247 Å². The average molecular weight is 578 g/mol. The molecule has 0 N–H and O–H groups in total. The number of nitrogens with zero attached hydrogens (tertiary/aromatic N) is 3. The lowest BCUT2D eigenvalue weighted by Gasteiger charge is -2.40. The number of fused-ring (bicyclic) bond motifs is 4. The van der Waals surface area contributed by atoms with Crippen LogP contribution in [-0.2, 0) is 19.7 Å². The molecule has 0 aromatic heterocycles. The van der Waals surface area contributed by atoms with Crippen LogP contribution in [-0.4, -0.2) is 72.1 Å². The fraction of sp³-hybridized carbons (Fsp3) is 0.588. The van der Waals surface area contributed by atoms with Crippen LogP contribution in [0.4, 0.5) is 14.5 Å². The zero-order chi connectivity index (χ0) is 29.5. The first-order valence-corrected chi connectivity index (χ1v) is 15.6. The van der Waals surface area contributed by atoms with Gasteiger partial charge in [-0.3, -0.25) is 14.5 Å². The fourth-order valence-corrected chi connectivity index (χ4v) is 8.76. The summed E-state index contributed by atoms with van der Waals surface area (Å²) >= 11 is 0. The van der Waals surface area contributed by atoms with Gasteiger partial charge in [-0.25, -0.2) is 8.78 Å². The summed E-state index contributed by atoms with van der Waals surface area (Å²) in [5.74, 6) is -1.69. The van der Waals surface area contributed by atoms with Gasteiger partial charge in [0, 0.05) is 55.4 Å². The number of amides is 2. The summed E-state index contributed by atoms with van der Waals surface area (Å²) < 4.78 is 34.8. The van der Waals surface area contributed by atoms with Crippen molar-refractivity contribution in [3.05, 3.63) is 64.2 Å². The van der Waals surface area contributed by atoms with Crippen molar-refractivity contribution in [2.45, 2.75) is 95.4 Å². The highest BCUT2D eigenvalue weighted by Crippen LogP contribution is 2.51. The van der Waals surface area contributed by atoms with Crippen molar-refractivity contribution in [1.29, 1.82) is 0 Å². The number of rotatable bonds is 4. The molecule has 1 saturated carbocycles. The number of carbonyl (C=O) groups excluding carboxylic acids is 2. The minimum Gasteiger partial charge on any atom is -0.375 e. The molecular weight excluding hydrogens is 536 g/mol. The van der Waals surface area contributed by atoms with Crippen molar-refractivity contribution in [3.8, 4) is 0 Å². The van der Waals surface area contributed by atoms with Gasteiger partial charge in [-0.15, -0.1) is 0 Å². The van der Waals surface area contributed by atoms with Crippen LogP contribution in [0.3, 0.4) is 0 Å². The van der Waals surface area contributed by atoms with Gasteiger partial charge in [-0.1, -0.05) is 12.1 Å². The number of morpholine rings is 1. The number of hydrogen-bond acceptors (Lipinski definition) is 4. The highest BCUT2D eigenvalue weighted by Gasteiger charge is 2.55. The molecule has 2 bridgehead atoms. The van der Waals surface area contributed by atoms with Crippen molar-refractivity contribution in [3.63, 3.8) is 0 Å². The minimum atomic E-state index is -0.621. The molecule has 4 aliphatic heterocycles. The molecule has 1 aliphatic carbocycles. The zero-order valence-electron chi connectivity index (χ0n) is 25.0. The number of carbonyl (C=O) groups is 2. The van der Waals surface area contributed by atoms with Crippen LogP contribution in [0.15, 0.2) is 30.3 Å². The third-order valence-corrected chi connectivity index (χ3v) is 11.1. The van der Waals surface area contributed by atoms with Crippen molar-refractivity contribution >= 4 is 17.5 Å². The lowest BCUT2D eigenvalue weighted by Crippen LogP contribution is -2.52. The van der Waals surface area contributed by atoms with E-state index in [1.54, 1.807) is 0 Å². The number of piperidine rings is 1. The quantitative estimate of drug-likeness (QED) is 0.500. The van der Waals surface area contributed by atoms with E-state index in [1.165, 1.54) is 23.3 Å². The first-order valence-electron chi connectivity index (χ1n) is 15.6. The molecule has 224 valence electrons. The Hall–Kier alpha value is -2.84. The van der Waals surface area contributed by atoms with Gasteiger partial charge in [0.2, 0.25) is 11.8 Å².